The van der Waals surface area contributed by atoms with Crippen LogP contribution in [0.3, 0.4) is 0 Å². The first kappa shape index (κ1) is 20.9. The van der Waals surface area contributed by atoms with Gasteiger partial charge in [0.25, 0.3) is 5.91 Å². The van der Waals surface area contributed by atoms with Crippen molar-refractivity contribution in [1.29, 1.82) is 0 Å². The van der Waals surface area contributed by atoms with Gasteiger partial charge in [0.05, 0.1) is 5.56 Å². The molecule has 152 valence electrons. The number of carbonyl (C=O) groups is 2. The molecule has 0 aliphatic heterocycles. The average molecular weight is 411 g/mol. The highest BCUT2D eigenvalue weighted by Gasteiger charge is 2.33. The van der Waals surface area contributed by atoms with E-state index in [1.165, 1.54) is 60.7 Å². The molecule has 0 bridgehead atoms. The van der Waals surface area contributed by atoms with Crippen LogP contribution in [0.15, 0.2) is 84.6 Å². The van der Waals surface area contributed by atoms with Crippen LogP contribution in [-0.2, 0) is 11.0 Å². The Morgan fingerprint density at radius 3 is 2.20 bits per heavy atom. The van der Waals surface area contributed by atoms with Crippen molar-refractivity contribution in [3.8, 4) is 11.1 Å². The maximum atomic E-state index is 13.3. The van der Waals surface area contributed by atoms with Crippen molar-refractivity contribution in [2.75, 3.05) is 0 Å². The van der Waals surface area contributed by atoms with Gasteiger partial charge in [-0.05, 0) is 47.0 Å². The lowest BCUT2D eigenvalue weighted by Crippen LogP contribution is -2.27. The molecule has 3 aromatic carbocycles. The molecule has 0 spiro atoms. The molecule has 7 heteroatoms. The predicted molar refractivity (Wildman–Crippen MR) is 106 cm³/mol. The number of aliphatic carboxylic acids is 1. The quantitative estimate of drug-likeness (QED) is 0.565. The Bertz CT molecular complexity index is 1110. The number of benzene rings is 3. The molecule has 0 aliphatic rings. The lowest BCUT2D eigenvalue weighted by atomic mass is 9.97. The zero-order valence-electron chi connectivity index (χ0n) is 15.5. The van der Waals surface area contributed by atoms with E-state index in [1.54, 1.807) is 18.2 Å². The van der Waals surface area contributed by atoms with Gasteiger partial charge in [0.1, 0.15) is 5.70 Å². The highest BCUT2D eigenvalue weighted by Crippen LogP contribution is 2.37. The number of rotatable bonds is 5. The van der Waals surface area contributed by atoms with Crippen molar-refractivity contribution in [2.24, 2.45) is 0 Å². The second kappa shape index (κ2) is 8.65. The van der Waals surface area contributed by atoms with Crippen molar-refractivity contribution >= 4 is 18.0 Å². The zero-order valence-corrected chi connectivity index (χ0v) is 15.5. The summed E-state index contributed by atoms with van der Waals surface area (Å²) in [5, 5.41) is 11.8. The summed E-state index contributed by atoms with van der Waals surface area (Å²) in [5.74, 6) is -1.98. The smallest absolute Gasteiger partial charge is 0.417 e. The summed E-state index contributed by atoms with van der Waals surface area (Å²) in [6, 6.07) is 19.2. The number of carboxylic acid groups (broad SMARTS) is 1. The minimum absolute atomic E-state index is 0.0227. The summed E-state index contributed by atoms with van der Waals surface area (Å²) >= 11 is 0. The third-order valence-corrected chi connectivity index (χ3v) is 4.26. The third-order valence-electron chi connectivity index (χ3n) is 4.26. The number of halogens is 3. The van der Waals surface area contributed by atoms with E-state index in [-0.39, 0.29) is 16.7 Å². The topological polar surface area (TPSA) is 66.4 Å². The van der Waals surface area contributed by atoms with Crippen molar-refractivity contribution in [2.45, 2.75) is 6.18 Å². The SMILES string of the molecule is O=C(O)C(=Cc1cccc(-c2ccccc2C(F)(F)F)c1)NC(=O)c1ccccc1. The first-order valence-corrected chi connectivity index (χ1v) is 8.84. The molecule has 0 saturated heterocycles. The molecule has 0 atom stereocenters. The van der Waals surface area contributed by atoms with Crippen LogP contribution in [0.25, 0.3) is 17.2 Å². The van der Waals surface area contributed by atoms with E-state index in [4.69, 9.17) is 0 Å². The van der Waals surface area contributed by atoms with Gasteiger partial charge in [0, 0.05) is 5.56 Å². The summed E-state index contributed by atoms with van der Waals surface area (Å²) in [7, 11) is 0. The Kier molecular flexibility index (Phi) is 6.01. The minimum Gasteiger partial charge on any atom is -0.477 e. The predicted octanol–water partition coefficient (Wildman–Crippen LogP) is 5.23. The fourth-order valence-electron chi connectivity index (χ4n) is 2.88. The molecule has 0 fully saturated rings. The maximum Gasteiger partial charge on any atom is 0.417 e. The molecule has 0 aromatic heterocycles. The number of alkyl halides is 3. The summed E-state index contributed by atoms with van der Waals surface area (Å²) in [6.45, 7) is 0. The number of nitrogens with one attached hydrogen (secondary N) is 1. The summed E-state index contributed by atoms with van der Waals surface area (Å²) in [5.41, 5.74) is -0.332. The van der Waals surface area contributed by atoms with E-state index in [0.717, 1.165) is 6.07 Å². The molecule has 1 amide bonds. The highest BCUT2D eigenvalue weighted by molar-refractivity contribution is 6.02. The normalized spacial score (nSPS) is 11.8. The van der Waals surface area contributed by atoms with Gasteiger partial charge in [-0.25, -0.2) is 4.79 Å². The molecular formula is C23H16F3NO3. The van der Waals surface area contributed by atoms with Crippen LogP contribution in [-0.4, -0.2) is 17.0 Å². The first-order chi connectivity index (χ1) is 14.3. The monoisotopic (exact) mass is 411 g/mol. The van der Waals surface area contributed by atoms with Gasteiger partial charge < -0.3 is 10.4 Å². The molecule has 30 heavy (non-hydrogen) atoms. The summed E-state index contributed by atoms with van der Waals surface area (Å²) < 4.78 is 40.0. The number of amides is 1. The second-order valence-electron chi connectivity index (χ2n) is 6.35. The van der Waals surface area contributed by atoms with Crippen molar-refractivity contribution in [3.05, 3.63) is 101 Å². The van der Waals surface area contributed by atoms with Gasteiger partial charge in [-0.3, -0.25) is 4.79 Å². The Hall–Kier alpha value is -3.87. The second-order valence-corrected chi connectivity index (χ2v) is 6.35. The van der Waals surface area contributed by atoms with Crippen LogP contribution in [0.5, 0.6) is 0 Å². The van der Waals surface area contributed by atoms with Crippen molar-refractivity contribution in [1.82, 2.24) is 5.32 Å². The van der Waals surface area contributed by atoms with Gasteiger partial charge in [0.15, 0.2) is 0 Å². The minimum atomic E-state index is -4.53. The summed E-state index contributed by atoms with van der Waals surface area (Å²) in [4.78, 5) is 23.8. The summed E-state index contributed by atoms with van der Waals surface area (Å²) in [6.07, 6.45) is -3.33. The Morgan fingerprint density at radius 1 is 0.867 bits per heavy atom. The molecule has 0 aliphatic carbocycles. The Labute approximate surface area is 170 Å². The molecule has 0 heterocycles. The third kappa shape index (κ3) is 4.94. The van der Waals surface area contributed by atoms with Crippen LogP contribution in [0.1, 0.15) is 21.5 Å². The molecule has 3 aromatic rings. The number of carboxylic acids is 1. The van der Waals surface area contributed by atoms with E-state index in [2.05, 4.69) is 5.32 Å². The average Bonchev–Trinajstić information content (AvgIpc) is 2.73. The van der Waals surface area contributed by atoms with Crippen LogP contribution in [0.2, 0.25) is 0 Å². The van der Waals surface area contributed by atoms with Crippen LogP contribution >= 0.6 is 0 Å². The van der Waals surface area contributed by atoms with Gasteiger partial charge in [-0.1, -0.05) is 54.6 Å². The first-order valence-electron chi connectivity index (χ1n) is 8.84. The number of hydrogen-bond acceptors (Lipinski definition) is 2. The van der Waals surface area contributed by atoms with Crippen LogP contribution in [0, 0.1) is 0 Å². The standard InChI is InChI=1S/C23H16F3NO3/c24-23(25,26)19-12-5-4-11-18(19)17-10-6-7-15(13-17)14-20(22(29)30)27-21(28)16-8-2-1-3-9-16/h1-14H,(H,27,28)(H,29,30). The van der Waals surface area contributed by atoms with Gasteiger partial charge in [0.2, 0.25) is 0 Å². The van der Waals surface area contributed by atoms with E-state index < -0.39 is 29.3 Å². The van der Waals surface area contributed by atoms with Gasteiger partial charge in [-0.15, -0.1) is 0 Å². The van der Waals surface area contributed by atoms with E-state index >= 15 is 0 Å². The highest BCUT2D eigenvalue weighted by atomic mass is 19.4. The molecule has 4 nitrogen and oxygen atoms in total. The fraction of sp³-hybridized carbons (Fsp3) is 0.0435. The Balaban J connectivity index is 1.96. The maximum absolute atomic E-state index is 13.3. The van der Waals surface area contributed by atoms with Crippen LogP contribution in [0.4, 0.5) is 13.2 Å². The largest absolute Gasteiger partial charge is 0.477 e. The van der Waals surface area contributed by atoms with Crippen molar-refractivity contribution in [3.63, 3.8) is 0 Å². The van der Waals surface area contributed by atoms with E-state index in [0.29, 0.717) is 5.56 Å². The molecule has 0 unspecified atom stereocenters. The number of hydrogen-bond donors (Lipinski definition) is 2. The Morgan fingerprint density at radius 2 is 1.53 bits per heavy atom. The molecular weight excluding hydrogens is 395 g/mol. The fourth-order valence-corrected chi connectivity index (χ4v) is 2.88. The van der Waals surface area contributed by atoms with E-state index in [1.807, 2.05) is 0 Å². The van der Waals surface area contributed by atoms with Crippen molar-refractivity contribution < 1.29 is 27.9 Å². The molecule has 0 saturated carbocycles. The lowest BCUT2D eigenvalue weighted by molar-refractivity contribution is -0.137. The van der Waals surface area contributed by atoms with Gasteiger partial charge >= 0.3 is 12.1 Å². The number of carbonyl (C=O) groups excluding carboxylic acids is 1. The molecule has 0 radical (unpaired) electrons. The lowest BCUT2D eigenvalue weighted by Gasteiger charge is -2.13. The van der Waals surface area contributed by atoms with Crippen LogP contribution < -0.4 is 5.32 Å². The van der Waals surface area contributed by atoms with E-state index in [9.17, 15) is 27.9 Å². The zero-order chi connectivity index (χ0) is 21.7. The molecule has 3 rings (SSSR count). The van der Waals surface area contributed by atoms with Gasteiger partial charge in [-0.2, -0.15) is 13.2 Å². The molecule has 2 N–H and O–H groups in total.